The lowest BCUT2D eigenvalue weighted by Crippen LogP contribution is -2.52. The number of hydrogen-bond acceptors (Lipinski definition) is 4. The second-order valence-corrected chi connectivity index (χ2v) is 7.80. The minimum absolute atomic E-state index is 0.274. The smallest absolute Gasteiger partial charge is 0.237 e. The maximum atomic E-state index is 12.7. The van der Waals surface area contributed by atoms with Crippen LogP contribution >= 0.6 is 11.3 Å². The summed E-state index contributed by atoms with van der Waals surface area (Å²) in [6, 6.07) is 4.97. The molecule has 2 aromatic heterocycles. The van der Waals surface area contributed by atoms with Crippen LogP contribution in [-0.2, 0) is 4.79 Å². The molecule has 1 amide bonds. The van der Waals surface area contributed by atoms with E-state index in [0.717, 1.165) is 38.2 Å². The SMILES string of the molecule is Cc1cc(C)n(C2CN(CC(=O)N3CCCC3c3ccsc3)C2)n1. The predicted octanol–water partition coefficient (Wildman–Crippen LogP) is 2.78. The molecule has 128 valence electrons. The van der Waals surface area contributed by atoms with E-state index in [0.29, 0.717) is 12.6 Å². The van der Waals surface area contributed by atoms with Gasteiger partial charge in [-0.15, -0.1) is 0 Å². The van der Waals surface area contributed by atoms with Crippen molar-refractivity contribution in [2.24, 2.45) is 0 Å². The molecule has 0 aliphatic carbocycles. The zero-order valence-corrected chi connectivity index (χ0v) is 15.1. The Bertz CT molecular complexity index is 717. The lowest BCUT2D eigenvalue weighted by atomic mass is 10.1. The third-order valence-electron chi connectivity index (χ3n) is 5.19. The lowest BCUT2D eigenvalue weighted by Gasteiger charge is -2.40. The van der Waals surface area contributed by atoms with Gasteiger partial charge in [0.25, 0.3) is 0 Å². The molecule has 0 bridgehead atoms. The van der Waals surface area contributed by atoms with Crippen molar-refractivity contribution in [3.63, 3.8) is 0 Å². The van der Waals surface area contributed by atoms with E-state index in [4.69, 9.17) is 0 Å². The normalized spacial score (nSPS) is 22.1. The highest BCUT2D eigenvalue weighted by Crippen LogP contribution is 2.33. The number of hydrogen-bond donors (Lipinski definition) is 0. The summed E-state index contributed by atoms with van der Waals surface area (Å²) in [6.07, 6.45) is 2.21. The van der Waals surface area contributed by atoms with Crippen LogP contribution in [-0.4, -0.2) is 51.7 Å². The summed E-state index contributed by atoms with van der Waals surface area (Å²) in [4.78, 5) is 17.1. The van der Waals surface area contributed by atoms with Crippen molar-refractivity contribution in [2.45, 2.75) is 38.8 Å². The Morgan fingerprint density at radius 1 is 1.38 bits per heavy atom. The van der Waals surface area contributed by atoms with E-state index < -0.39 is 0 Å². The van der Waals surface area contributed by atoms with Gasteiger partial charge in [0.1, 0.15) is 0 Å². The van der Waals surface area contributed by atoms with Gasteiger partial charge in [-0.25, -0.2) is 0 Å². The summed E-state index contributed by atoms with van der Waals surface area (Å²) in [7, 11) is 0. The molecule has 0 saturated carbocycles. The summed E-state index contributed by atoms with van der Waals surface area (Å²) < 4.78 is 2.11. The molecule has 2 aliphatic heterocycles. The van der Waals surface area contributed by atoms with Gasteiger partial charge in [-0.3, -0.25) is 14.4 Å². The number of aromatic nitrogens is 2. The Balaban J connectivity index is 1.34. The molecule has 5 nitrogen and oxygen atoms in total. The highest BCUT2D eigenvalue weighted by atomic mass is 32.1. The number of aryl methyl sites for hydroxylation is 2. The Labute approximate surface area is 146 Å². The first-order chi connectivity index (χ1) is 11.6. The van der Waals surface area contributed by atoms with Gasteiger partial charge >= 0.3 is 0 Å². The second-order valence-electron chi connectivity index (χ2n) is 7.02. The van der Waals surface area contributed by atoms with E-state index in [1.165, 1.54) is 11.3 Å². The first kappa shape index (κ1) is 15.8. The molecule has 0 aromatic carbocycles. The van der Waals surface area contributed by atoms with Crippen LogP contribution in [0.2, 0.25) is 0 Å². The Kier molecular flexibility index (Phi) is 4.18. The molecular formula is C18H24N4OS. The molecule has 24 heavy (non-hydrogen) atoms. The molecule has 2 aliphatic rings. The molecule has 0 N–H and O–H groups in total. The first-order valence-corrected chi connectivity index (χ1v) is 9.63. The molecule has 2 saturated heterocycles. The van der Waals surface area contributed by atoms with Gasteiger partial charge in [-0.05, 0) is 55.1 Å². The van der Waals surface area contributed by atoms with Gasteiger partial charge in [-0.1, -0.05) is 0 Å². The summed E-state index contributed by atoms with van der Waals surface area (Å²) in [6.45, 7) is 7.41. The van der Waals surface area contributed by atoms with Crippen LogP contribution < -0.4 is 0 Å². The number of rotatable bonds is 4. The van der Waals surface area contributed by atoms with Crippen molar-refractivity contribution in [2.75, 3.05) is 26.2 Å². The molecule has 4 heterocycles. The average Bonchev–Trinajstić information content (AvgIpc) is 3.22. The molecule has 0 spiro atoms. The minimum atomic E-state index is 0.274. The fourth-order valence-corrected chi connectivity index (χ4v) is 4.71. The standard InChI is InChI=1S/C18H24N4OS/c1-13-8-14(2)22(19-13)16-9-20(10-16)11-18(23)21-6-3-4-17(21)15-5-7-24-12-15/h5,7-8,12,16-17H,3-4,6,9-11H2,1-2H3. The molecular weight excluding hydrogens is 320 g/mol. The summed E-state index contributed by atoms with van der Waals surface area (Å²) in [5.74, 6) is 0.274. The lowest BCUT2D eigenvalue weighted by molar-refractivity contribution is -0.135. The molecule has 2 aromatic rings. The average molecular weight is 344 g/mol. The zero-order chi connectivity index (χ0) is 16.7. The summed E-state index contributed by atoms with van der Waals surface area (Å²) in [5.41, 5.74) is 3.58. The molecule has 1 unspecified atom stereocenters. The molecule has 0 radical (unpaired) electrons. The van der Waals surface area contributed by atoms with Crippen LogP contribution in [0.3, 0.4) is 0 Å². The Morgan fingerprint density at radius 2 is 2.21 bits per heavy atom. The minimum Gasteiger partial charge on any atom is -0.335 e. The van der Waals surface area contributed by atoms with Gasteiger partial charge in [0.2, 0.25) is 5.91 Å². The van der Waals surface area contributed by atoms with Crippen LogP contribution in [0, 0.1) is 13.8 Å². The molecule has 2 fully saturated rings. The van der Waals surface area contributed by atoms with Crippen LogP contribution in [0.4, 0.5) is 0 Å². The highest BCUT2D eigenvalue weighted by molar-refractivity contribution is 7.07. The van der Waals surface area contributed by atoms with Gasteiger partial charge < -0.3 is 4.90 Å². The van der Waals surface area contributed by atoms with Crippen LogP contribution in [0.5, 0.6) is 0 Å². The fourth-order valence-electron chi connectivity index (χ4n) is 4.00. The van der Waals surface area contributed by atoms with Crippen molar-refractivity contribution in [3.05, 3.63) is 39.8 Å². The third-order valence-corrected chi connectivity index (χ3v) is 5.89. The third kappa shape index (κ3) is 2.89. The van der Waals surface area contributed by atoms with E-state index in [2.05, 4.69) is 49.4 Å². The number of nitrogens with zero attached hydrogens (tertiary/aromatic N) is 4. The quantitative estimate of drug-likeness (QED) is 0.856. The number of amides is 1. The van der Waals surface area contributed by atoms with E-state index in [1.807, 2.05) is 6.92 Å². The molecule has 4 rings (SSSR count). The number of likely N-dealkylation sites (tertiary alicyclic amines) is 2. The molecule has 6 heteroatoms. The molecule has 1 atom stereocenters. The van der Waals surface area contributed by atoms with E-state index in [9.17, 15) is 4.79 Å². The van der Waals surface area contributed by atoms with Crippen molar-refractivity contribution in [1.82, 2.24) is 19.6 Å². The van der Waals surface area contributed by atoms with E-state index in [1.54, 1.807) is 11.3 Å². The van der Waals surface area contributed by atoms with Crippen molar-refractivity contribution < 1.29 is 4.79 Å². The predicted molar refractivity (Wildman–Crippen MR) is 95.2 cm³/mol. The van der Waals surface area contributed by atoms with Crippen LogP contribution in [0.1, 0.15) is 41.9 Å². The number of carbonyl (C=O) groups is 1. The van der Waals surface area contributed by atoms with Crippen LogP contribution in [0.15, 0.2) is 22.9 Å². The van der Waals surface area contributed by atoms with Gasteiger partial charge in [0.15, 0.2) is 0 Å². The first-order valence-electron chi connectivity index (χ1n) is 8.68. The fraction of sp³-hybridized carbons (Fsp3) is 0.556. The maximum Gasteiger partial charge on any atom is 0.237 e. The number of thiophene rings is 1. The zero-order valence-electron chi connectivity index (χ0n) is 14.3. The van der Waals surface area contributed by atoms with E-state index >= 15 is 0 Å². The topological polar surface area (TPSA) is 41.4 Å². The van der Waals surface area contributed by atoms with Crippen molar-refractivity contribution in [3.8, 4) is 0 Å². The Hall–Kier alpha value is -1.66. The van der Waals surface area contributed by atoms with Gasteiger partial charge in [0.05, 0.1) is 24.3 Å². The summed E-state index contributed by atoms with van der Waals surface area (Å²) >= 11 is 1.71. The van der Waals surface area contributed by atoms with Crippen molar-refractivity contribution >= 4 is 17.2 Å². The van der Waals surface area contributed by atoms with Gasteiger partial charge in [-0.2, -0.15) is 16.4 Å². The summed E-state index contributed by atoms with van der Waals surface area (Å²) in [5, 5.41) is 8.85. The van der Waals surface area contributed by atoms with Gasteiger partial charge in [0, 0.05) is 25.3 Å². The second kappa shape index (κ2) is 6.33. The largest absolute Gasteiger partial charge is 0.335 e. The Morgan fingerprint density at radius 3 is 2.88 bits per heavy atom. The van der Waals surface area contributed by atoms with E-state index in [-0.39, 0.29) is 11.9 Å². The monoisotopic (exact) mass is 344 g/mol. The highest BCUT2D eigenvalue weighted by Gasteiger charge is 2.35. The number of carbonyl (C=O) groups excluding carboxylic acids is 1. The van der Waals surface area contributed by atoms with Crippen LogP contribution in [0.25, 0.3) is 0 Å². The van der Waals surface area contributed by atoms with Crippen molar-refractivity contribution in [1.29, 1.82) is 0 Å². The maximum absolute atomic E-state index is 12.7.